The van der Waals surface area contributed by atoms with E-state index in [0.29, 0.717) is 16.6 Å². The highest BCUT2D eigenvalue weighted by atomic mass is 32.2. The normalized spacial score (nSPS) is 11.5. The molecular weight excluding hydrogens is 389 g/mol. The van der Waals surface area contributed by atoms with Gasteiger partial charge in [-0.25, -0.2) is 17.8 Å². The molecule has 0 bridgehead atoms. The van der Waals surface area contributed by atoms with Gasteiger partial charge >= 0.3 is 0 Å². The van der Waals surface area contributed by atoms with Gasteiger partial charge in [0.2, 0.25) is 9.84 Å². The number of Topliss-reactive ketones (excluding diaryl/α,β-unsaturated/α-hetero) is 1. The molecule has 4 rings (SSSR count). The number of fused-ring (bicyclic) bond motifs is 1. The lowest BCUT2D eigenvalue weighted by atomic mass is 10.1. The van der Waals surface area contributed by atoms with Crippen LogP contribution in [-0.4, -0.2) is 19.2 Å². The topological polar surface area (TPSA) is 64.1 Å². The van der Waals surface area contributed by atoms with E-state index in [1.165, 1.54) is 37.3 Å². The number of aromatic nitrogens is 1. The zero-order valence-electron chi connectivity index (χ0n) is 15.5. The van der Waals surface area contributed by atoms with E-state index in [-0.39, 0.29) is 27.0 Å². The van der Waals surface area contributed by atoms with Crippen LogP contribution in [0.4, 0.5) is 4.39 Å². The maximum Gasteiger partial charge on any atom is 0.207 e. The summed E-state index contributed by atoms with van der Waals surface area (Å²) < 4.78 is 39.4. The van der Waals surface area contributed by atoms with Crippen LogP contribution in [0.25, 0.3) is 22.2 Å². The number of hydrogen-bond donors (Lipinski definition) is 0. The number of rotatable bonds is 4. The minimum Gasteiger partial charge on any atom is -0.294 e. The molecule has 0 fully saturated rings. The lowest BCUT2D eigenvalue weighted by Gasteiger charge is -2.10. The number of nitrogens with zero attached hydrogens (tertiary/aromatic N) is 1. The first-order chi connectivity index (χ1) is 13.9. The van der Waals surface area contributed by atoms with Crippen molar-refractivity contribution in [3.8, 4) is 11.3 Å². The van der Waals surface area contributed by atoms with Gasteiger partial charge in [-0.2, -0.15) is 0 Å². The van der Waals surface area contributed by atoms with Crippen molar-refractivity contribution in [1.29, 1.82) is 0 Å². The third kappa shape index (κ3) is 3.54. The van der Waals surface area contributed by atoms with Crippen molar-refractivity contribution in [3.63, 3.8) is 0 Å². The lowest BCUT2D eigenvalue weighted by Crippen LogP contribution is -2.08. The third-order valence-corrected chi connectivity index (χ3v) is 6.48. The van der Waals surface area contributed by atoms with Crippen molar-refractivity contribution in [2.45, 2.75) is 16.7 Å². The first-order valence-corrected chi connectivity index (χ1v) is 10.4. The number of carbonyl (C=O) groups is 1. The number of hydrogen-bond acceptors (Lipinski definition) is 4. The zero-order chi connectivity index (χ0) is 20.6. The molecule has 0 spiro atoms. The summed E-state index contributed by atoms with van der Waals surface area (Å²) in [6.07, 6.45) is 0. The van der Waals surface area contributed by atoms with Crippen LogP contribution >= 0.6 is 0 Å². The molecule has 0 saturated heterocycles. The quantitative estimate of drug-likeness (QED) is 0.444. The van der Waals surface area contributed by atoms with Crippen LogP contribution in [0.2, 0.25) is 0 Å². The first-order valence-electron chi connectivity index (χ1n) is 8.88. The summed E-state index contributed by atoms with van der Waals surface area (Å²) in [7, 11) is -3.86. The Morgan fingerprint density at radius 1 is 0.897 bits per heavy atom. The summed E-state index contributed by atoms with van der Waals surface area (Å²) in [5.41, 5.74) is 2.21. The maximum absolute atomic E-state index is 13.1. The van der Waals surface area contributed by atoms with E-state index < -0.39 is 9.84 Å². The molecule has 6 heteroatoms. The molecule has 1 aromatic heterocycles. The van der Waals surface area contributed by atoms with Gasteiger partial charge in [0.1, 0.15) is 5.82 Å². The van der Waals surface area contributed by atoms with Crippen molar-refractivity contribution in [2.24, 2.45) is 0 Å². The molecular formula is C23H16FNO3S. The van der Waals surface area contributed by atoms with E-state index >= 15 is 0 Å². The van der Waals surface area contributed by atoms with Crippen molar-refractivity contribution >= 4 is 26.5 Å². The summed E-state index contributed by atoms with van der Waals surface area (Å²) in [6, 6.07) is 20.4. The smallest absolute Gasteiger partial charge is 0.207 e. The number of sulfone groups is 1. The highest BCUT2D eigenvalue weighted by Gasteiger charge is 2.23. The van der Waals surface area contributed by atoms with Crippen molar-refractivity contribution in [2.75, 3.05) is 0 Å². The fraction of sp³-hybridized carbons (Fsp3) is 0.0435. The SMILES string of the molecule is CC(=O)c1ccccc1S(=O)(=O)c1ccc2nc(-c3ccc(F)cc3)ccc2c1. The van der Waals surface area contributed by atoms with Crippen LogP contribution in [-0.2, 0) is 9.84 Å². The monoisotopic (exact) mass is 405 g/mol. The highest BCUT2D eigenvalue weighted by Crippen LogP contribution is 2.28. The molecule has 0 radical (unpaired) electrons. The van der Waals surface area contributed by atoms with E-state index in [0.717, 1.165) is 5.56 Å². The second kappa shape index (κ2) is 7.22. The Morgan fingerprint density at radius 2 is 1.62 bits per heavy atom. The maximum atomic E-state index is 13.1. The van der Waals surface area contributed by atoms with E-state index in [4.69, 9.17) is 0 Å². The summed E-state index contributed by atoms with van der Waals surface area (Å²) in [5, 5.41) is 0.650. The van der Waals surface area contributed by atoms with Crippen molar-refractivity contribution < 1.29 is 17.6 Å². The van der Waals surface area contributed by atoms with Crippen LogP contribution in [0, 0.1) is 5.82 Å². The van der Waals surface area contributed by atoms with Crippen LogP contribution in [0.3, 0.4) is 0 Å². The van der Waals surface area contributed by atoms with Crippen LogP contribution in [0.5, 0.6) is 0 Å². The van der Waals surface area contributed by atoms with Crippen LogP contribution in [0.1, 0.15) is 17.3 Å². The molecule has 3 aromatic carbocycles. The number of ketones is 1. The van der Waals surface area contributed by atoms with Gasteiger partial charge in [-0.3, -0.25) is 4.79 Å². The Bertz CT molecular complexity index is 1350. The van der Waals surface area contributed by atoms with E-state index in [9.17, 15) is 17.6 Å². The van der Waals surface area contributed by atoms with Gasteiger partial charge < -0.3 is 0 Å². The molecule has 0 atom stereocenters. The van der Waals surface area contributed by atoms with E-state index in [1.807, 2.05) is 0 Å². The van der Waals surface area contributed by atoms with Gasteiger partial charge in [0.25, 0.3) is 0 Å². The number of carbonyl (C=O) groups excluding carboxylic acids is 1. The molecule has 144 valence electrons. The Kier molecular flexibility index (Phi) is 4.72. The second-order valence-corrected chi connectivity index (χ2v) is 8.53. The molecule has 0 unspecified atom stereocenters. The van der Waals surface area contributed by atoms with Crippen molar-refractivity contribution in [3.05, 3.63) is 90.2 Å². The molecule has 4 aromatic rings. The van der Waals surface area contributed by atoms with Gasteiger partial charge in [0.15, 0.2) is 5.78 Å². The first kappa shape index (κ1) is 19.0. The fourth-order valence-corrected chi connectivity index (χ4v) is 4.71. The Morgan fingerprint density at radius 3 is 2.34 bits per heavy atom. The zero-order valence-corrected chi connectivity index (χ0v) is 16.3. The largest absolute Gasteiger partial charge is 0.294 e. The molecule has 0 aliphatic rings. The predicted octanol–water partition coefficient (Wildman–Crippen LogP) is 5.08. The molecule has 0 amide bonds. The fourth-order valence-electron chi connectivity index (χ4n) is 3.17. The molecule has 0 aliphatic carbocycles. The molecule has 1 heterocycles. The molecule has 0 aliphatic heterocycles. The van der Waals surface area contributed by atoms with Crippen LogP contribution < -0.4 is 0 Å². The minimum absolute atomic E-state index is 0.0114. The van der Waals surface area contributed by atoms with E-state index in [2.05, 4.69) is 4.98 Å². The second-order valence-electron chi connectivity index (χ2n) is 6.61. The molecule has 0 saturated carbocycles. The van der Waals surface area contributed by atoms with Gasteiger partial charge in [-0.15, -0.1) is 0 Å². The number of pyridine rings is 1. The summed E-state index contributed by atoms with van der Waals surface area (Å²) in [4.78, 5) is 16.5. The van der Waals surface area contributed by atoms with Gasteiger partial charge in [0.05, 0.1) is 21.0 Å². The summed E-state index contributed by atoms with van der Waals surface area (Å²) in [6.45, 7) is 1.34. The van der Waals surface area contributed by atoms with E-state index in [1.54, 1.807) is 48.5 Å². The predicted molar refractivity (Wildman–Crippen MR) is 109 cm³/mol. The Labute approximate surface area is 167 Å². The molecule has 0 N–H and O–H groups in total. The van der Waals surface area contributed by atoms with Crippen molar-refractivity contribution in [1.82, 2.24) is 4.98 Å². The van der Waals surface area contributed by atoms with Crippen LogP contribution in [0.15, 0.2) is 88.7 Å². The third-order valence-electron chi connectivity index (χ3n) is 4.67. The summed E-state index contributed by atoms with van der Waals surface area (Å²) in [5.74, 6) is -0.634. The van der Waals surface area contributed by atoms with Gasteiger partial charge in [-0.05, 0) is 61.5 Å². The minimum atomic E-state index is -3.86. The number of benzene rings is 3. The molecule has 4 nitrogen and oxygen atoms in total. The highest BCUT2D eigenvalue weighted by molar-refractivity contribution is 7.91. The Hall–Kier alpha value is -3.38. The Balaban J connectivity index is 1.79. The lowest BCUT2D eigenvalue weighted by molar-refractivity contribution is 0.101. The number of halogens is 1. The standard InChI is InChI=1S/C23H16FNO3S/c1-15(26)20-4-2-3-5-23(20)29(27,28)19-11-13-22-17(14-19)8-12-21(25-22)16-6-9-18(24)10-7-16/h2-14H,1H3. The average Bonchev–Trinajstić information content (AvgIpc) is 2.73. The van der Waals surface area contributed by atoms with Gasteiger partial charge in [-0.1, -0.05) is 24.3 Å². The summed E-state index contributed by atoms with van der Waals surface area (Å²) >= 11 is 0. The van der Waals surface area contributed by atoms with Gasteiger partial charge in [0, 0.05) is 16.5 Å². The average molecular weight is 405 g/mol. The molecule has 29 heavy (non-hydrogen) atoms.